The van der Waals surface area contributed by atoms with E-state index in [-0.39, 0.29) is 5.03 Å². The van der Waals surface area contributed by atoms with E-state index in [2.05, 4.69) is 5.10 Å². The molecule has 1 heterocycles. The molecule has 0 saturated carbocycles. The fourth-order valence-corrected chi connectivity index (χ4v) is 1.86. The second-order valence-electron chi connectivity index (χ2n) is 2.30. The molecular weight excluding hydrogens is 163 g/mol. The lowest BCUT2D eigenvalue weighted by molar-refractivity contribution is 0.589. The Morgan fingerprint density at radius 3 is 2.36 bits per heavy atom. The van der Waals surface area contributed by atoms with Crippen molar-refractivity contribution in [1.29, 1.82) is 0 Å². The van der Waals surface area contributed by atoms with Gasteiger partial charge in [-0.1, -0.05) is 0 Å². The summed E-state index contributed by atoms with van der Waals surface area (Å²) in [7, 11) is 2.83. The van der Waals surface area contributed by atoms with E-state index >= 15 is 0 Å². The number of rotatable bonds is 1. The van der Waals surface area contributed by atoms with Crippen molar-refractivity contribution in [3.05, 3.63) is 11.8 Å². The molecular formula is C5H7BN2O2S. The number of aromatic nitrogens is 2. The van der Waals surface area contributed by atoms with Gasteiger partial charge in [-0.15, -0.1) is 0 Å². The van der Waals surface area contributed by atoms with E-state index in [0.717, 1.165) is 0 Å². The predicted octanol–water partition coefficient (Wildman–Crippen LogP) is -0.414. The fraction of sp³-hybridized carbons (Fsp3) is 0.400. The SMILES string of the molecule is [B]S(=O)(=O)c1c(C)cnn1C. The van der Waals surface area contributed by atoms with E-state index in [0.29, 0.717) is 5.56 Å². The van der Waals surface area contributed by atoms with Gasteiger partial charge in [0.15, 0.2) is 0 Å². The first-order chi connectivity index (χ1) is 4.93. The second kappa shape index (κ2) is 2.37. The minimum Gasteiger partial charge on any atom is -0.258 e. The predicted molar refractivity (Wildman–Crippen MR) is 40.9 cm³/mol. The second-order valence-corrected chi connectivity index (χ2v) is 3.78. The highest BCUT2D eigenvalue weighted by Gasteiger charge is 2.14. The van der Waals surface area contributed by atoms with Gasteiger partial charge in [-0.05, 0) is 6.92 Å². The molecule has 0 aliphatic carbocycles. The highest BCUT2D eigenvalue weighted by molar-refractivity contribution is 8.12. The van der Waals surface area contributed by atoms with Crippen LogP contribution in [0.1, 0.15) is 5.56 Å². The first kappa shape index (κ1) is 8.32. The Kier molecular flexibility index (Phi) is 1.79. The molecule has 1 aromatic heterocycles. The topological polar surface area (TPSA) is 52.0 Å². The molecule has 0 amide bonds. The Morgan fingerprint density at radius 1 is 1.64 bits per heavy atom. The van der Waals surface area contributed by atoms with E-state index in [4.69, 9.17) is 7.12 Å². The van der Waals surface area contributed by atoms with Crippen molar-refractivity contribution >= 4 is 16.8 Å². The van der Waals surface area contributed by atoms with Crippen LogP contribution in [0.25, 0.3) is 0 Å². The first-order valence-corrected chi connectivity index (χ1v) is 4.49. The lowest BCUT2D eigenvalue weighted by Gasteiger charge is -1.99. The van der Waals surface area contributed by atoms with Crippen LogP contribution in [-0.4, -0.2) is 25.3 Å². The number of nitrogens with zero attached hydrogens (tertiary/aromatic N) is 2. The van der Waals surface area contributed by atoms with Crippen LogP contribution >= 0.6 is 0 Å². The van der Waals surface area contributed by atoms with E-state index in [1.54, 1.807) is 6.92 Å². The Balaban J connectivity index is 3.45. The first-order valence-electron chi connectivity index (χ1n) is 2.94. The third-order valence-electron chi connectivity index (χ3n) is 1.33. The van der Waals surface area contributed by atoms with Crippen LogP contribution in [0.4, 0.5) is 0 Å². The zero-order valence-electron chi connectivity index (χ0n) is 6.27. The van der Waals surface area contributed by atoms with Crippen molar-refractivity contribution < 1.29 is 8.42 Å². The van der Waals surface area contributed by atoms with Crippen molar-refractivity contribution in [3.63, 3.8) is 0 Å². The summed E-state index contributed by atoms with van der Waals surface area (Å²) in [4.78, 5) is 0. The number of hydrogen-bond acceptors (Lipinski definition) is 3. The summed E-state index contributed by atoms with van der Waals surface area (Å²) in [6, 6.07) is 0. The molecule has 11 heavy (non-hydrogen) atoms. The molecule has 4 nitrogen and oxygen atoms in total. The molecule has 0 aromatic carbocycles. The van der Waals surface area contributed by atoms with Crippen LogP contribution < -0.4 is 0 Å². The van der Waals surface area contributed by atoms with Gasteiger partial charge in [0.25, 0.3) is 7.12 Å². The van der Waals surface area contributed by atoms with E-state index in [1.807, 2.05) is 0 Å². The van der Waals surface area contributed by atoms with Crippen LogP contribution in [-0.2, 0) is 16.7 Å². The van der Waals surface area contributed by atoms with Gasteiger partial charge in [0.05, 0.1) is 6.20 Å². The van der Waals surface area contributed by atoms with Crippen LogP contribution in [0, 0.1) is 6.92 Å². The highest BCUT2D eigenvalue weighted by atomic mass is 32.2. The van der Waals surface area contributed by atoms with Crippen molar-refractivity contribution in [2.24, 2.45) is 7.05 Å². The number of aryl methyl sites for hydroxylation is 2. The van der Waals surface area contributed by atoms with Crippen molar-refractivity contribution in [1.82, 2.24) is 9.78 Å². The molecule has 0 fully saturated rings. The smallest absolute Gasteiger partial charge is 0.258 e. The maximum absolute atomic E-state index is 10.9. The van der Waals surface area contributed by atoms with Gasteiger partial charge in [-0.3, -0.25) is 4.68 Å². The van der Waals surface area contributed by atoms with Gasteiger partial charge in [-0.2, -0.15) is 5.10 Å². The van der Waals surface area contributed by atoms with Crippen molar-refractivity contribution in [2.45, 2.75) is 11.9 Å². The monoisotopic (exact) mass is 170 g/mol. The summed E-state index contributed by atoms with van der Waals surface area (Å²) in [6.45, 7) is 1.65. The van der Waals surface area contributed by atoms with Crippen LogP contribution in [0.15, 0.2) is 11.2 Å². The molecule has 0 aliphatic rings. The molecule has 0 aliphatic heterocycles. The van der Waals surface area contributed by atoms with Crippen LogP contribution in [0.3, 0.4) is 0 Å². The Hall–Kier alpha value is -0.775. The molecule has 58 valence electrons. The minimum atomic E-state index is -3.62. The lowest BCUT2D eigenvalue weighted by Crippen LogP contribution is -2.07. The van der Waals surface area contributed by atoms with E-state index in [9.17, 15) is 8.42 Å². The minimum absolute atomic E-state index is 0.0671. The van der Waals surface area contributed by atoms with Crippen LogP contribution in [0.2, 0.25) is 0 Å². The van der Waals surface area contributed by atoms with Crippen molar-refractivity contribution in [2.75, 3.05) is 0 Å². The summed E-state index contributed by atoms with van der Waals surface area (Å²) in [6.07, 6.45) is 1.46. The molecule has 0 atom stereocenters. The molecule has 2 radical (unpaired) electrons. The van der Waals surface area contributed by atoms with Gasteiger partial charge < -0.3 is 0 Å². The quantitative estimate of drug-likeness (QED) is 0.538. The zero-order chi connectivity index (χ0) is 8.65. The molecule has 1 rings (SSSR count). The lowest BCUT2D eigenvalue weighted by atomic mass is 10.4. The fourth-order valence-electron chi connectivity index (χ4n) is 0.945. The summed E-state index contributed by atoms with van der Waals surface area (Å²) in [5.74, 6) is 0. The van der Waals surface area contributed by atoms with E-state index < -0.39 is 9.69 Å². The van der Waals surface area contributed by atoms with Crippen LogP contribution in [0.5, 0.6) is 0 Å². The molecule has 0 bridgehead atoms. The maximum atomic E-state index is 10.9. The Morgan fingerprint density at radius 2 is 2.18 bits per heavy atom. The molecule has 0 N–H and O–H groups in total. The average molecular weight is 170 g/mol. The highest BCUT2D eigenvalue weighted by Crippen LogP contribution is 2.11. The molecule has 6 heteroatoms. The Bertz CT molecular complexity index is 348. The molecule has 1 aromatic rings. The summed E-state index contributed by atoms with van der Waals surface area (Å²) >= 11 is 0. The van der Waals surface area contributed by atoms with Gasteiger partial charge in [0, 0.05) is 12.6 Å². The number of hydrogen-bond donors (Lipinski definition) is 0. The van der Waals surface area contributed by atoms with Gasteiger partial charge in [0.2, 0.25) is 0 Å². The molecule has 0 unspecified atom stereocenters. The third-order valence-corrected chi connectivity index (χ3v) is 2.45. The maximum Gasteiger partial charge on any atom is 0.264 e. The zero-order valence-corrected chi connectivity index (χ0v) is 7.09. The summed E-state index contributed by atoms with van der Waals surface area (Å²) < 4.78 is 22.9. The van der Waals surface area contributed by atoms with Gasteiger partial charge >= 0.3 is 0 Å². The molecule has 0 spiro atoms. The average Bonchev–Trinajstić information content (AvgIpc) is 2.08. The third kappa shape index (κ3) is 1.45. The standard InChI is InChI=1S/C5H7BN2O2S/c1-4-3-7-8(2)5(4)11(6,9)10/h3H,1-2H3. The summed E-state index contributed by atoms with van der Waals surface area (Å²) in [5.41, 5.74) is 0.565. The normalized spacial score (nSPS) is 11.8. The summed E-state index contributed by atoms with van der Waals surface area (Å²) in [5, 5.41) is 3.81. The van der Waals surface area contributed by atoms with Gasteiger partial charge in [0.1, 0.15) is 14.7 Å². The van der Waals surface area contributed by atoms with E-state index in [1.165, 1.54) is 17.9 Å². The van der Waals surface area contributed by atoms with Gasteiger partial charge in [-0.25, -0.2) is 8.42 Å². The Labute approximate surface area is 66.4 Å². The largest absolute Gasteiger partial charge is 0.264 e. The van der Waals surface area contributed by atoms with Crippen molar-refractivity contribution in [3.8, 4) is 0 Å². The molecule has 0 saturated heterocycles.